The van der Waals surface area contributed by atoms with Crippen LogP contribution in [0.15, 0.2) is 42.6 Å². The van der Waals surface area contributed by atoms with Crippen LogP contribution in [0.1, 0.15) is 5.56 Å². The normalized spacial score (nSPS) is 10.1. The predicted octanol–water partition coefficient (Wildman–Crippen LogP) is 3.01. The van der Waals surface area contributed by atoms with E-state index >= 15 is 0 Å². The first kappa shape index (κ1) is 12.4. The molecule has 0 amide bonds. The first-order valence-corrected chi connectivity index (χ1v) is 5.80. The van der Waals surface area contributed by atoms with Gasteiger partial charge in [0.1, 0.15) is 5.82 Å². The summed E-state index contributed by atoms with van der Waals surface area (Å²) in [6.07, 6.45) is 1.77. The van der Waals surface area contributed by atoms with Crippen LogP contribution >= 0.6 is 0 Å². The number of nitrogens with one attached hydrogen (secondary N) is 2. The molecule has 2 rings (SSSR count). The molecule has 0 fully saturated rings. The molecule has 0 saturated carbocycles. The van der Waals surface area contributed by atoms with Crippen molar-refractivity contribution in [1.29, 1.82) is 0 Å². The Bertz CT molecular complexity index is 514. The second kappa shape index (κ2) is 6.02. The van der Waals surface area contributed by atoms with E-state index in [0.29, 0.717) is 6.61 Å². The minimum atomic E-state index is 0.619. The van der Waals surface area contributed by atoms with Gasteiger partial charge in [-0.25, -0.2) is 4.98 Å². The summed E-state index contributed by atoms with van der Waals surface area (Å²) >= 11 is 0. The van der Waals surface area contributed by atoms with Gasteiger partial charge in [-0.05, 0) is 23.8 Å². The molecule has 94 valence electrons. The van der Waals surface area contributed by atoms with Crippen LogP contribution in [0.2, 0.25) is 0 Å². The standard InChI is InChI=1S/C14H17N3O/c1-15-14-9-13(6-7-16-14)17-12-5-3-4-11(8-12)10-18-2/h3-9H,10H2,1-2H3,(H2,15,16,17). The number of ether oxygens (including phenoxy) is 1. The Morgan fingerprint density at radius 2 is 2.00 bits per heavy atom. The number of pyridine rings is 1. The van der Waals surface area contributed by atoms with Gasteiger partial charge in [0.15, 0.2) is 0 Å². The van der Waals surface area contributed by atoms with Gasteiger partial charge in [0.05, 0.1) is 6.61 Å². The van der Waals surface area contributed by atoms with E-state index in [4.69, 9.17) is 4.74 Å². The van der Waals surface area contributed by atoms with E-state index in [1.807, 2.05) is 37.4 Å². The topological polar surface area (TPSA) is 46.2 Å². The monoisotopic (exact) mass is 243 g/mol. The molecule has 2 N–H and O–H groups in total. The van der Waals surface area contributed by atoms with Crippen molar-refractivity contribution >= 4 is 17.2 Å². The Hall–Kier alpha value is -2.07. The minimum Gasteiger partial charge on any atom is -0.380 e. The van der Waals surface area contributed by atoms with Crippen molar-refractivity contribution in [2.24, 2.45) is 0 Å². The van der Waals surface area contributed by atoms with Gasteiger partial charge >= 0.3 is 0 Å². The Morgan fingerprint density at radius 1 is 1.17 bits per heavy atom. The average Bonchev–Trinajstić information content (AvgIpc) is 2.40. The fourth-order valence-corrected chi connectivity index (χ4v) is 1.72. The highest BCUT2D eigenvalue weighted by molar-refractivity contribution is 5.62. The third kappa shape index (κ3) is 3.21. The van der Waals surface area contributed by atoms with Crippen LogP contribution < -0.4 is 10.6 Å². The fourth-order valence-electron chi connectivity index (χ4n) is 1.72. The Labute approximate surface area is 107 Å². The zero-order valence-electron chi connectivity index (χ0n) is 10.6. The summed E-state index contributed by atoms with van der Waals surface area (Å²) in [5, 5.41) is 6.36. The second-order valence-corrected chi connectivity index (χ2v) is 3.94. The summed E-state index contributed by atoms with van der Waals surface area (Å²) in [6, 6.07) is 12.0. The van der Waals surface area contributed by atoms with E-state index < -0.39 is 0 Å². The molecule has 2 aromatic rings. The lowest BCUT2D eigenvalue weighted by molar-refractivity contribution is 0.185. The van der Waals surface area contributed by atoms with Gasteiger partial charge in [-0.3, -0.25) is 0 Å². The first-order valence-electron chi connectivity index (χ1n) is 5.80. The van der Waals surface area contributed by atoms with Crippen LogP contribution in [-0.2, 0) is 11.3 Å². The van der Waals surface area contributed by atoms with Gasteiger partial charge in [-0.15, -0.1) is 0 Å². The average molecular weight is 243 g/mol. The SMILES string of the molecule is CNc1cc(Nc2cccc(COC)c2)ccn1. The summed E-state index contributed by atoms with van der Waals surface area (Å²) in [6.45, 7) is 0.619. The number of aromatic nitrogens is 1. The molecular formula is C14H17N3O. The van der Waals surface area contributed by atoms with Crippen molar-refractivity contribution in [3.8, 4) is 0 Å². The number of hydrogen-bond acceptors (Lipinski definition) is 4. The van der Waals surface area contributed by atoms with Crippen molar-refractivity contribution in [2.45, 2.75) is 6.61 Å². The van der Waals surface area contributed by atoms with Crippen LogP contribution in [0, 0.1) is 0 Å². The first-order chi connectivity index (χ1) is 8.81. The number of nitrogens with zero attached hydrogens (tertiary/aromatic N) is 1. The third-order valence-corrected chi connectivity index (χ3v) is 2.54. The Balaban J connectivity index is 2.14. The maximum atomic E-state index is 5.12. The number of anilines is 3. The van der Waals surface area contributed by atoms with Crippen molar-refractivity contribution in [2.75, 3.05) is 24.8 Å². The highest BCUT2D eigenvalue weighted by Crippen LogP contribution is 2.19. The maximum absolute atomic E-state index is 5.12. The summed E-state index contributed by atoms with van der Waals surface area (Å²) in [4.78, 5) is 4.18. The van der Waals surface area contributed by atoms with E-state index in [1.54, 1.807) is 13.3 Å². The van der Waals surface area contributed by atoms with Gasteiger partial charge in [-0.1, -0.05) is 12.1 Å². The van der Waals surface area contributed by atoms with E-state index in [1.165, 1.54) is 0 Å². The largest absolute Gasteiger partial charge is 0.380 e. The van der Waals surface area contributed by atoms with Gasteiger partial charge < -0.3 is 15.4 Å². The molecule has 18 heavy (non-hydrogen) atoms. The molecule has 4 nitrogen and oxygen atoms in total. The number of hydrogen-bond donors (Lipinski definition) is 2. The van der Waals surface area contributed by atoms with Crippen molar-refractivity contribution < 1.29 is 4.74 Å². The summed E-state index contributed by atoms with van der Waals surface area (Å²) in [7, 11) is 3.55. The van der Waals surface area contributed by atoms with E-state index in [0.717, 1.165) is 22.8 Å². The van der Waals surface area contributed by atoms with E-state index in [2.05, 4.69) is 21.7 Å². The van der Waals surface area contributed by atoms with Crippen LogP contribution in [0.25, 0.3) is 0 Å². The quantitative estimate of drug-likeness (QED) is 0.847. The number of rotatable bonds is 5. The summed E-state index contributed by atoms with van der Waals surface area (Å²) in [5.41, 5.74) is 3.19. The summed E-state index contributed by atoms with van der Waals surface area (Å²) in [5.74, 6) is 0.841. The van der Waals surface area contributed by atoms with Gasteiger partial charge in [0, 0.05) is 37.8 Å². The highest BCUT2D eigenvalue weighted by atomic mass is 16.5. The third-order valence-electron chi connectivity index (χ3n) is 2.54. The lowest BCUT2D eigenvalue weighted by atomic mass is 10.2. The van der Waals surface area contributed by atoms with Crippen LogP contribution in [0.3, 0.4) is 0 Å². The Morgan fingerprint density at radius 3 is 2.78 bits per heavy atom. The molecule has 0 spiro atoms. The Kier molecular flexibility index (Phi) is 4.15. The van der Waals surface area contributed by atoms with Gasteiger partial charge in [-0.2, -0.15) is 0 Å². The lowest BCUT2D eigenvalue weighted by Gasteiger charge is -2.09. The molecule has 0 radical (unpaired) electrons. The highest BCUT2D eigenvalue weighted by Gasteiger charge is 1.98. The van der Waals surface area contributed by atoms with Crippen molar-refractivity contribution in [3.63, 3.8) is 0 Å². The van der Waals surface area contributed by atoms with Crippen LogP contribution in [0.4, 0.5) is 17.2 Å². The van der Waals surface area contributed by atoms with Gasteiger partial charge in [0.25, 0.3) is 0 Å². The van der Waals surface area contributed by atoms with Gasteiger partial charge in [0.2, 0.25) is 0 Å². The molecule has 0 unspecified atom stereocenters. The molecular weight excluding hydrogens is 226 g/mol. The molecule has 1 heterocycles. The number of benzene rings is 1. The molecule has 0 aliphatic heterocycles. The van der Waals surface area contributed by atoms with Crippen molar-refractivity contribution in [1.82, 2.24) is 4.98 Å². The molecule has 0 aliphatic carbocycles. The van der Waals surface area contributed by atoms with E-state index in [-0.39, 0.29) is 0 Å². The molecule has 0 aliphatic rings. The number of methoxy groups -OCH3 is 1. The predicted molar refractivity (Wildman–Crippen MR) is 74.2 cm³/mol. The molecule has 0 atom stereocenters. The molecule has 4 heteroatoms. The maximum Gasteiger partial charge on any atom is 0.127 e. The lowest BCUT2D eigenvalue weighted by Crippen LogP contribution is -1.96. The summed E-state index contributed by atoms with van der Waals surface area (Å²) < 4.78 is 5.12. The van der Waals surface area contributed by atoms with Crippen LogP contribution in [0.5, 0.6) is 0 Å². The smallest absolute Gasteiger partial charge is 0.127 e. The van der Waals surface area contributed by atoms with E-state index in [9.17, 15) is 0 Å². The molecule has 0 saturated heterocycles. The molecule has 1 aromatic carbocycles. The van der Waals surface area contributed by atoms with Crippen molar-refractivity contribution in [3.05, 3.63) is 48.2 Å². The second-order valence-electron chi connectivity index (χ2n) is 3.94. The van der Waals surface area contributed by atoms with Crippen LogP contribution in [-0.4, -0.2) is 19.1 Å². The molecule has 0 bridgehead atoms. The molecule has 1 aromatic heterocycles. The fraction of sp³-hybridized carbons (Fsp3) is 0.214. The minimum absolute atomic E-state index is 0.619. The zero-order chi connectivity index (χ0) is 12.8. The zero-order valence-corrected chi connectivity index (χ0v) is 10.6.